The second kappa shape index (κ2) is 14.8. The Labute approximate surface area is 259 Å². The largest absolute Gasteiger partial charge is 0.473 e. The number of likely N-dealkylation sites (tertiary alicyclic amines) is 1. The summed E-state index contributed by atoms with van der Waals surface area (Å²) in [5, 5.41) is 3.09. The molecule has 0 radical (unpaired) electrons. The number of rotatable bonds is 13. The molecule has 3 aliphatic rings. The number of nitrogens with one attached hydrogen (secondary N) is 1. The number of hydrogen-bond acceptors (Lipinski definition) is 8. The van der Waals surface area contributed by atoms with Crippen LogP contribution < -0.4 is 10.1 Å². The van der Waals surface area contributed by atoms with Gasteiger partial charge in [-0.3, -0.25) is 9.59 Å². The number of nitrogens with zero attached hydrogens (tertiary/aromatic N) is 3. The number of ketones is 1. The number of carbonyl (C=O) groups excluding carboxylic acids is 3. The lowest BCUT2D eigenvalue weighted by Crippen LogP contribution is -2.52. The molecule has 0 bridgehead atoms. The Bertz CT molecular complexity index is 1360. The van der Waals surface area contributed by atoms with E-state index in [0.717, 1.165) is 50.5 Å². The monoisotopic (exact) mass is 604 g/mol. The van der Waals surface area contributed by atoms with Gasteiger partial charge < -0.3 is 24.4 Å². The minimum Gasteiger partial charge on any atom is -0.473 e. The second-order valence-electron chi connectivity index (χ2n) is 12.1. The molecule has 10 nitrogen and oxygen atoms in total. The highest BCUT2D eigenvalue weighted by Crippen LogP contribution is 2.39. The maximum Gasteiger partial charge on any atom is 0.318 e. The van der Waals surface area contributed by atoms with Gasteiger partial charge in [0, 0.05) is 25.6 Å². The highest BCUT2D eigenvalue weighted by atomic mass is 16.5. The van der Waals surface area contributed by atoms with Crippen LogP contribution >= 0.6 is 0 Å². The quantitative estimate of drug-likeness (QED) is 0.190. The van der Waals surface area contributed by atoms with Crippen molar-refractivity contribution in [3.63, 3.8) is 0 Å². The first-order valence-electron chi connectivity index (χ1n) is 15.9. The van der Waals surface area contributed by atoms with Crippen LogP contribution in [0.25, 0.3) is 17.1 Å². The first-order valence-corrected chi connectivity index (χ1v) is 15.9. The molecule has 44 heavy (non-hydrogen) atoms. The van der Waals surface area contributed by atoms with Crippen molar-refractivity contribution >= 4 is 34.9 Å². The van der Waals surface area contributed by atoms with Crippen molar-refractivity contribution < 1.29 is 28.6 Å². The predicted octanol–water partition coefficient (Wildman–Crippen LogP) is 5.11. The summed E-state index contributed by atoms with van der Waals surface area (Å²) in [6.45, 7) is 9.30. The molecule has 2 saturated carbocycles. The van der Waals surface area contributed by atoms with Crippen LogP contribution in [0.4, 0.5) is 4.79 Å². The van der Waals surface area contributed by atoms with Gasteiger partial charge in [0.15, 0.2) is 5.78 Å². The smallest absolute Gasteiger partial charge is 0.318 e. The fraction of sp³-hybridized carbons (Fsp3) is 0.559. The van der Waals surface area contributed by atoms with Crippen LogP contribution in [0.15, 0.2) is 43.5 Å². The molecule has 1 aromatic heterocycles. The van der Waals surface area contributed by atoms with Gasteiger partial charge in [0.25, 0.3) is 0 Å². The number of urea groups is 1. The Morgan fingerprint density at radius 2 is 1.77 bits per heavy atom. The second-order valence-corrected chi connectivity index (χ2v) is 12.1. The van der Waals surface area contributed by atoms with Crippen molar-refractivity contribution in [2.75, 3.05) is 26.8 Å². The molecule has 2 aliphatic carbocycles. The normalized spacial score (nSPS) is 24.2. The lowest BCUT2D eigenvalue weighted by Gasteiger charge is -2.29. The number of carbonyl (C=O) groups is 3. The van der Waals surface area contributed by atoms with Crippen molar-refractivity contribution in [1.82, 2.24) is 20.2 Å². The van der Waals surface area contributed by atoms with E-state index < -0.39 is 30.0 Å². The van der Waals surface area contributed by atoms with Crippen LogP contribution in [-0.4, -0.2) is 77.7 Å². The van der Waals surface area contributed by atoms with Crippen molar-refractivity contribution in [2.24, 2.45) is 17.8 Å². The lowest BCUT2D eigenvalue weighted by molar-refractivity contribution is -0.149. The standard InChI is InChI=1S/C34H44N4O6/c1-4-6-11-18-43-23-16-17-38(21-23)34(41)37-30(22-12-7-8-13-22)31(39)25-19-24(20-26(25)33(40)42-3)44-32-27(5-2)35-28-14-9-10-15-29(28)36-32/h4-5,9-10,14-15,22-26,30H,1-2,6-8,11-13,16-21H2,3H3,(H,37,41)/t23-,24?,25?,26+,30-/m0/s1. The minimum absolute atomic E-state index is 0.0127. The highest BCUT2D eigenvalue weighted by Gasteiger charge is 2.48. The van der Waals surface area contributed by atoms with Crippen LogP contribution in [0.3, 0.4) is 0 Å². The van der Waals surface area contributed by atoms with Gasteiger partial charge >= 0.3 is 12.0 Å². The van der Waals surface area contributed by atoms with Gasteiger partial charge in [-0.15, -0.1) is 6.58 Å². The van der Waals surface area contributed by atoms with Crippen LogP contribution in [-0.2, 0) is 19.1 Å². The summed E-state index contributed by atoms with van der Waals surface area (Å²) in [6, 6.07) is 6.55. The molecule has 3 fully saturated rings. The van der Waals surface area contributed by atoms with Gasteiger partial charge in [-0.25, -0.2) is 14.8 Å². The summed E-state index contributed by atoms with van der Waals surface area (Å²) in [6.07, 6.45) is 9.90. The fourth-order valence-electron chi connectivity index (χ4n) is 6.88. The number of unbranched alkanes of at least 4 members (excludes halogenated alkanes) is 1. The Kier molecular flexibility index (Phi) is 10.6. The van der Waals surface area contributed by atoms with Crippen molar-refractivity contribution in [3.8, 4) is 5.88 Å². The number of amides is 2. The third-order valence-corrected chi connectivity index (χ3v) is 9.22. The number of Topliss-reactive ketones (excluding diaryl/α,β-unsaturated/α-hetero) is 1. The molecule has 236 valence electrons. The number of allylic oxidation sites excluding steroid dienone is 1. The molecule has 2 amide bonds. The van der Waals surface area contributed by atoms with E-state index in [0.29, 0.717) is 49.6 Å². The number of aromatic nitrogens is 2. The molecule has 0 spiro atoms. The summed E-state index contributed by atoms with van der Waals surface area (Å²) < 4.78 is 17.4. The van der Waals surface area contributed by atoms with Gasteiger partial charge in [-0.2, -0.15) is 0 Å². The molecule has 1 aliphatic heterocycles. The third kappa shape index (κ3) is 7.29. The van der Waals surface area contributed by atoms with E-state index in [-0.39, 0.29) is 23.8 Å². The average Bonchev–Trinajstić information content (AvgIpc) is 3.83. The number of esters is 1. The van der Waals surface area contributed by atoms with E-state index >= 15 is 0 Å². The summed E-state index contributed by atoms with van der Waals surface area (Å²) in [5.41, 5.74) is 1.90. The highest BCUT2D eigenvalue weighted by molar-refractivity contribution is 5.94. The molecule has 10 heteroatoms. The van der Waals surface area contributed by atoms with Crippen LogP contribution in [0.5, 0.6) is 5.88 Å². The van der Waals surface area contributed by atoms with Crippen LogP contribution in [0.1, 0.15) is 63.5 Å². The Morgan fingerprint density at radius 1 is 1.05 bits per heavy atom. The Hall–Kier alpha value is -3.79. The molecule has 5 atom stereocenters. The number of benzene rings is 1. The van der Waals surface area contributed by atoms with Gasteiger partial charge in [0.1, 0.15) is 11.8 Å². The molecule has 1 N–H and O–H groups in total. The molecule has 2 aromatic rings. The summed E-state index contributed by atoms with van der Waals surface area (Å²) in [5.74, 6) is -1.57. The van der Waals surface area contributed by atoms with Crippen LogP contribution in [0, 0.1) is 17.8 Å². The Morgan fingerprint density at radius 3 is 2.48 bits per heavy atom. The number of para-hydroxylation sites is 2. The van der Waals surface area contributed by atoms with E-state index in [1.165, 1.54) is 7.11 Å². The maximum absolute atomic E-state index is 14.3. The van der Waals surface area contributed by atoms with Crippen molar-refractivity contribution in [2.45, 2.75) is 76.0 Å². The molecule has 1 aromatic carbocycles. The zero-order chi connectivity index (χ0) is 31.1. The van der Waals surface area contributed by atoms with Crippen molar-refractivity contribution in [1.29, 1.82) is 0 Å². The van der Waals surface area contributed by atoms with Gasteiger partial charge in [0.2, 0.25) is 5.88 Å². The lowest BCUT2D eigenvalue weighted by atomic mass is 9.83. The predicted molar refractivity (Wildman–Crippen MR) is 167 cm³/mol. The minimum atomic E-state index is -0.683. The average molecular weight is 605 g/mol. The Balaban J connectivity index is 1.30. The molecular formula is C34H44N4O6. The van der Waals surface area contributed by atoms with E-state index in [4.69, 9.17) is 14.2 Å². The number of ether oxygens (including phenoxy) is 3. The summed E-state index contributed by atoms with van der Waals surface area (Å²) in [4.78, 5) is 51.7. The summed E-state index contributed by atoms with van der Waals surface area (Å²) >= 11 is 0. The molecule has 2 unspecified atom stereocenters. The fourth-order valence-corrected chi connectivity index (χ4v) is 6.88. The molecular weight excluding hydrogens is 560 g/mol. The number of hydrogen-bond donors (Lipinski definition) is 1. The first-order chi connectivity index (χ1) is 21.4. The molecule has 1 saturated heterocycles. The van der Waals surface area contributed by atoms with Crippen LogP contribution in [0.2, 0.25) is 0 Å². The third-order valence-electron chi connectivity index (χ3n) is 9.22. The van der Waals surface area contributed by atoms with Gasteiger partial charge in [-0.05, 0) is 69.1 Å². The number of methoxy groups -OCH3 is 1. The number of fused-ring (bicyclic) bond motifs is 1. The van der Waals surface area contributed by atoms with Gasteiger partial charge in [0.05, 0.1) is 36.2 Å². The van der Waals surface area contributed by atoms with Crippen molar-refractivity contribution in [3.05, 3.63) is 49.2 Å². The first kappa shape index (κ1) is 31.6. The zero-order valence-electron chi connectivity index (χ0n) is 25.6. The van der Waals surface area contributed by atoms with E-state index in [1.807, 2.05) is 30.3 Å². The zero-order valence-corrected chi connectivity index (χ0v) is 25.6. The maximum atomic E-state index is 14.3. The van der Waals surface area contributed by atoms with E-state index in [2.05, 4.69) is 28.4 Å². The van der Waals surface area contributed by atoms with E-state index in [9.17, 15) is 14.4 Å². The molecule has 2 heterocycles. The van der Waals surface area contributed by atoms with Gasteiger partial charge in [-0.1, -0.05) is 37.6 Å². The molecule has 5 rings (SSSR count). The van der Waals surface area contributed by atoms with E-state index in [1.54, 1.807) is 11.0 Å². The summed E-state index contributed by atoms with van der Waals surface area (Å²) in [7, 11) is 1.34. The topological polar surface area (TPSA) is 120 Å². The SMILES string of the molecule is C=CCCCO[C@H]1CCN(C(=O)N[C@H](C(=O)C2CC(Oc3nc4ccccc4nc3C=C)C[C@H]2C(=O)OC)C2CCCC2)C1.